The standard InChI is InChI=1S/C20H21F3N4O3S/c1-13-5-6-17-16(11-13)24-18(25-31(17,29)30)19(28)27-9-7-26(8-10-27)15-4-2-3-14(12-15)20(21,22)23/h2-6,11-12,18,24-25H,7-10H2,1H3/t18-/m1/s1. The Morgan fingerprint density at radius 3 is 2.45 bits per heavy atom. The van der Waals surface area contributed by atoms with Gasteiger partial charge in [0.15, 0.2) is 6.17 Å². The summed E-state index contributed by atoms with van der Waals surface area (Å²) in [5, 5.41) is 2.94. The fourth-order valence-electron chi connectivity index (χ4n) is 3.75. The number of halogens is 3. The first-order valence-electron chi connectivity index (χ1n) is 9.65. The van der Waals surface area contributed by atoms with E-state index in [2.05, 4.69) is 10.0 Å². The van der Waals surface area contributed by atoms with E-state index in [4.69, 9.17) is 0 Å². The van der Waals surface area contributed by atoms with Crippen molar-refractivity contribution in [2.45, 2.75) is 24.2 Å². The number of aryl methyl sites for hydroxylation is 1. The molecule has 1 atom stereocenters. The van der Waals surface area contributed by atoms with Gasteiger partial charge in [0.1, 0.15) is 4.90 Å². The first kappa shape index (κ1) is 21.4. The Bertz CT molecular complexity index is 1110. The van der Waals surface area contributed by atoms with Crippen molar-refractivity contribution in [1.82, 2.24) is 9.62 Å². The summed E-state index contributed by atoms with van der Waals surface area (Å²) in [5.74, 6) is -0.431. The summed E-state index contributed by atoms with van der Waals surface area (Å²) >= 11 is 0. The number of anilines is 2. The van der Waals surface area contributed by atoms with Gasteiger partial charge in [0.25, 0.3) is 5.91 Å². The Balaban J connectivity index is 1.44. The predicted octanol–water partition coefficient (Wildman–Crippen LogP) is 2.39. The summed E-state index contributed by atoms with van der Waals surface area (Å²) in [6.07, 6.45) is -5.56. The molecule has 166 valence electrons. The van der Waals surface area contributed by atoms with E-state index < -0.39 is 33.8 Å². The number of amides is 1. The Hall–Kier alpha value is -2.79. The maximum Gasteiger partial charge on any atom is 0.416 e. The van der Waals surface area contributed by atoms with Gasteiger partial charge in [-0.05, 0) is 42.8 Å². The van der Waals surface area contributed by atoms with Crippen LogP contribution in [0, 0.1) is 6.92 Å². The highest BCUT2D eigenvalue weighted by atomic mass is 32.2. The molecule has 2 aliphatic rings. The van der Waals surface area contributed by atoms with Gasteiger partial charge in [0, 0.05) is 31.9 Å². The molecule has 0 bridgehead atoms. The van der Waals surface area contributed by atoms with E-state index in [1.165, 1.54) is 17.0 Å². The van der Waals surface area contributed by atoms with Gasteiger partial charge in [-0.1, -0.05) is 12.1 Å². The van der Waals surface area contributed by atoms with Crippen molar-refractivity contribution in [1.29, 1.82) is 0 Å². The molecule has 31 heavy (non-hydrogen) atoms. The summed E-state index contributed by atoms with van der Waals surface area (Å²) in [4.78, 5) is 16.3. The molecular weight excluding hydrogens is 433 g/mol. The molecule has 2 aromatic rings. The maximum absolute atomic E-state index is 13.0. The number of nitrogens with zero attached hydrogens (tertiary/aromatic N) is 2. The Morgan fingerprint density at radius 2 is 1.77 bits per heavy atom. The average Bonchev–Trinajstić information content (AvgIpc) is 2.72. The van der Waals surface area contributed by atoms with Crippen LogP contribution in [0.2, 0.25) is 0 Å². The molecule has 0 aliphatic carbocycles. The normalized spacial score (nSPS) is 20.7. The lowest BCUT2D eigenvalue weighted by Crippen LogP contribution is -2.58. The minimum Gasteiger partial charge on any atom is -0.368 e. The van der Waals surface area contributed by atoms with Gasteiger partial charge < -0.3 is 15.1 Å². The van der Waals surface area contributed by atoms with Crippen LogP contribution < -0.4 is 14.9 Å². The largest absolute Gasteiger partial charge is 0.416 e. The molecule has 0 radical (unpaired) electrons. The van der Waals surface area contributed by atoms with Gasteiger partial charge in [-0.15, -0.1) is 0 Å². The highest BCUT2D eigenvalue weighted by Crippen LogP contribution is 2.32. The molecule has 0 spiro atoms. The van der Waals surface area contributed by atoms with Crippen LogP contribution in [-0.4, -0.2) is 51.6 Å². The van der Waals surface area contributed by atoms with E-state index in [1.54, 1.807) is 23.1 Å². The van der Waals surface area contributed by atoms with Crippen molar-refractivity contribution in [2.24, 2.45) is 0 Å². The number of carbonyl (C=O) groups excluding carboxylic acids is 1. The smallest absolute Gasteiger partial charge is 0.368 e. The van der Waals surface area contributed by atoms with Crippen molar-refractivity contribution in [3.63, 3.8) is 0 Å². The van der Waals surface area contributed by atoms with Crippen LogP contribution >= 0.6 is 0 Å². The van der Waals surface area contributed by atoms with E-state index in [9.17, 15) is 26.4 Å². The van der Waals surface area contributed by atoms with E-state index in [1.807, 2.05) is 6.92 Å². The number of carbonyl (C=O) groups is 1. The van der Waals surface area contributed by atoms with Crippen LogP contribution in [0.3, 0.4) is 0 Å². The van der Waals surface area contributed by atoms with Crippen LogP contribution in [0.1, 0.15) is 11.1 Å². The Kier molecular flexibility index (Phi) is 5.34. The van der Waals surface area contributed by atoms with Crippen LogP contribution in [0.4, 0.5) is 24.5 Å². The first-order valence-corrected chi connectivity index (χ1v) is 11.1. The summed E-state index contributed by atoms with van der Waals surface area (Å²) in [6, 6.07) is 9.89. The van der Waals surface area contributed by atoms with Gasteiger partial charge in [-0.2, -0.15) is 17.9 Å². The summed E-state index contributed by atoms with van der Waals surface area (Å²) < 4.78 is 66.3. The van der Waals surface area contributed by atoms with Crippen molar-refractivity contribution in [3.8, 4) is 0 Å². The lowest BCUT2D eigenvalue weighted by Gasteiger charge is -2.38. The van der Waals surface area contributed by atoms with Gasteiger partial charge in [0.05, 0.1) is 11.3 Å². The van der Waals surface area contributed by atoms with Crippen LogP contribution in [0.15, 0.2) is 47.4 Å². The predicted molar refractivity (Wildman–Crippen MR) is 109 cm³/mol. The number of sulfonamides is 1. The zero-order valence-corrected chi connectivity index (χ0v) is 17.4. The Labute approximate surface area is 177 Å². The number of benzene rings is 2. The molecular formula is C20H21F3N4O3S. The second kappa shape index (κ2) is 7.72. The molecule has 2 aliphatic heterocycles. The molecule has 1 amide bonds. The molecule has 4 rings (SSSR count). The molecule has 1 saturated heterocycles. The average molecular weight is 454 g/mol. The number of hydrogen-bond donors (Lipinski definition) is 2. The summed E-state index contributed by atoms with van der Waals surface area (Å²) in [6.45, 7) is 3.01. The zero-order valence-electron chi connectivity index (χ0n) is 16.6. The Morgan fingerprint density at radius 1 is 1.06 bits per heavy atom. The van der Waals surface area contributed by atoms with Crippen molar-refractivity contribution in [2.75, 3.05) is 36.4 Å². The number of hydrogen-bond acceptors (Lipinski definition) is 5. The lowest BCUT2D eigenvalue weighted by atomic mass is 10.1. The number of piperazine rings is 1. The monoisotopic (exact) mass is 454 g/mol. The molecule has 7 nitrogen and oxygen atoms in total. The molecule has 2 heterocycles. The minimum atomic E-state index is -4.42. The van der Waals surface area contributed by atoms with Gasteiger partial charge in [-0.25, -0.2) is 8.42 Å². The molecule has 0 aromatic heterocycles. The van der Waals surface area contributed by atoms with Crippen LogP contribution in [0.5, 0.6) is 0 Å². The third kappa shape index (κ3) is 4.33. The number of nitrogens with one attached hydrogen (secondary N) is 2. The van der Waals surface area contributed by atoms with E-state index in [-0.39, 0.29) is 18.0 Å². The molecule has 1 fully saturated rings. The molecule has 2 N–H and O–H groups in total. The quantitative estimate of drug-likeness (QED) is 0.729. The topological polar surface area (TPSA) is 81.8 Å². The van der Waals surface area contributed by atoms with Crippen LogP contribution in [-0.2, 0) is 21.0 Å². The second-order valence-corrected chi connectivity index (χ2v) is 9.24. The van der Waals surface area contributed by atoms with Crippen molar-refractivity contribution >= 4 is 27.3 Å². The third-order valence-electron chi connectivity index (χ3n) is 5.37. The number of rotatable bonds is 2. The third-order valence-corrected chi connectivity index (χ3v) is 6.86. The van der Waals surface area contributed by atoms with Crippen LogP contribution in [0.25, 0.3) is 0 Å². The SMILES string of the molecule is Cc1ccc2c(c1)N[C@@H](C(=O)N1CCN(c3cccc(C(F)(F)F)c3)CC1)NS2(=O)=O. The van der Waals surface area contributed by atoms with Crippen molar-refractivity contribution in [3.05, 3.63) is 53.6 Å². The molecule has 0 saturated carbocycles. The number of alkyl halides is 3. The van der Waals surface area contributed by atoms with Gasteiger partial charge >= 0.3 is 6.18 Å². The van der Waals surface area contributed by atoms with E-state index in [0.29, 0.717) is 24.5 Å². The van der Waals surface area contributed by atoms with E-state index >= 15 is 0 Å². The lowest BCUT2D eigenvalue weighted by molar-refractivity contribution is -0.137. The zero-order chi connectivity index (χ0) is 22.4. The van der Waals surface area contributed by atoms with E-state index in [0.717, 1.165) is 17.7 Å². The van der Waals surface area contributed by atoms with Crippen molar-refractivity contribution < 1.29 is 26.4 Å². The highest BCUT2D eigenvalue weighted by Gasteiger charge is 2.36. The summed E-state index contributed by atoms with van der Waals surface area (Å²) in [5.41, 5.74) is 0.921. The first-order chi connectivity index (χ1) is 14.5. The molecule has 0 unspecified atom stereocenters. The maximum atomic E-state index is 13.0. The molecule has 2 aromatic carbocycles. The molecule has 11 heteroatoms. The van der Waals surface area contributed by atoms with Gasteiger partial charge in [0.2, 0.25) is 10.0 Å². The number of fused-ring (bicyclic) bond motifs is 1. The highest BCUT2D eigenvalue weighted by molar-refractivity contribution is 7.89. The second-order valence-electron chi connectivity index (χ2n) is 7.56. The minimum absolute atomic E-state index is 0.0801. The summed E-state index contributed by atoms with van der Waals surface area (Å²) in [7, 11) is -3.84. The fourth-order valence-corrected chi connectivity index (χ4v) is 5.00. The fraction of sp³-hybridized carbons (Fsp3) is 0.350. The van der Waals surface area contributed by atoms with Gasteiger partial charge in [-0.3, -0.25) is 4.79 Å².